The first-order chi connectivity index (χ1) is 7.95. The van der Waals surface area contributed by atoms with Gasteiger partial charge in [0, 0.05) is 13.3 Å². The number of hydrogen-bond acceptors (Lipinski definition) is 5. The smallest absolute Gasteiger partial charge is 0.305 e. The molecule has 2 amide bonds. The Morgan fingerprint density at radius 1 is 1.24 bits per heavy atom. The summed E-state index contributed by atoms with van der Waals surface area (Å²) in [4.78, 5) is 34.4. The first kappa shape index (κ1) is 15.4. The van der Waals surface area contributed by atoms with Gasteiger partial charge in [-0.3, -0.25) is 30.1 Å². The molecule has 0 fully saturated rings. The second kappa shape index (κ2) is 8.51. The minimum atomic E-state index is -0.327. The van der Waals surface area contributed by atoms with E-state index in [2.05, 4.69) is 15.6 Å². The standard InChI is InChI=1S/C10H19N3O4/c1-8(14)11-12-9(15)7-13(2)6-4-5-10(16)17-3/h4-7H2,1-3H3,(H,11,14)(H,12,15). The van der Waals surface area contributed by atoms with Gasteiger partial charge in [-0.15, -0.1) is 0 Å². The third-order valence-corrected chi connectivity index (χ3v) is 1.94. The molecule has 7 nitrogen and oxygen atoms in total. The highest BCUT2D eigenvalue weighted by molar-refractivity contribution is 5.81. The van der Waals surface area contributed by atoms with E-state index in [1.54, 1.807) is 11.9 Å². The van der Waals surface area contributed by atoms with Crippen LogP contribution in [0.4, 0.5) is 0 Å². The average Bonchev–Trinajstić information content (AvgIpc) is 2.26. The third kappa shape index (κ3) is 9.31. The second-order valence-electron chi connectivity index (χ2n) is 3.65. The number of nitrogens with zero attached hydrogens (tertiary/aromatic N) is 1. The monoisotopic (exact) mass is 245 g/mol. The predicted octanol–water partition coefficient (Wildman–Crippen LogP) is -0.961. The molecule has 0 heterocycles. The number of esters is 1. The molecule has 98 valence electrons. The van der Waals surface area contributed by atoms with E-state index in [9.17, 15) is 14.4 Å². The van der Waals surface area contributed by atoms with Gasteiger partial charge < -0.3 is 4.74 Å². The van der Waals surface area contributed by atoms with Gasteiger partial charge in [0.15, 0.2) is 0 Å². The van der Waals surface area contributed by atoms with Gasteiger partial charge in [0.25, 0.3) is 5.91 Å². The SMILES string of the molecule is COC(=O)CCCN(C)CC(=O)NNC(C)=O. The van der Waals surface area contributed by atoms with Gasteiger partial charge in [-0.1, -0.05) is 0 Å². The summed E-state index contributed by atoms with van der Waals surface area (Å²) < 4.78 is 4.49. The maximum atomic E-state index is 11.3. The first-order valence-corrected chi connectivity index (χ1v) is 5.26. The van der Waals surface area contributed by atoms with Crippen LogP contribution < -0.4 is 10.9 Å². The molecule has 0 aliphatic heterocycles. The number of likely N-dealkylation sites (N-methyl/N-ethyl adjacent to an activating group) is 1. The van der Waals surface area contributed by atoms with E-state index < -0.39 is 0 Å². The Morgan fingerprint density at radius 2 is 1.88 bits per heavy atom. The van der Waals surface area contributed by atoms with Crippen LogP contribution in [0.25, 0.3) is 0 Å². The number of nitrogens with one attached hydrogen (secondary N) is 2. The Bertz CT molecular complexity index is 281. The van der Waals surface area contributed by atoms with Gasteiger partial charge in [-0.05, 0) is 20.0 Å². The molecule has 0 aromatic heterocycles. The Hall–Kier alpha value is -1.63. The highest BCUT2D eigenvalue weighted by Crippen LogP contribution is 1.94. The van der Waals surface area contributed by atoms with Crippen LogP contribution in [0.15, 0.2) is 0 Å². The molecule has 0 atom stereocenters. The van der Waals surface area contributed by atoms with E-state index in [0.29, 0.717) is 19.4 Å². The molecule has 0 rings (SSSR count). The molecular formula is C10H19N3O4. The molecule has 2 N–H and O–H groups in total. The summed E-state index contributed by atoms with van der Waals surface area (Å²) >= 11 is 0. The van der Waals surface area contributed by atoms with Gasteiger partial charge >= 0.3 is 5.97 Å². The van der Waals surface area contributed by atoms with E-state index in [4.69, 9.17) is 0 Å². The van der Waals surface area contributed by atoms with Crippen molar-refractivity contribution < 1.29 is 19.1 Å². The van der Waals surface area contributed by atoms with Gasteiger partial charge in [0.05, 0.1) is 13.7 Å². The zero-order valence-electron chi connectivity index (χ0n) is 10.4. The highest BCUT2D eigenvalue weighted by atomic mass is 16.5. The Kier molecular flexibility index (Phi) is 7.70. The zero-order valence-corrected chi connectivity index (χ0v) is 10.4. The van der Waals surface area contributed by atoms with Crippen LogP contribution in [0.3, 0.4) is 0 Å². The fraction of sp³-hybridized carbons (Fsp3) is 0.700. The summed E-state index contributed by atoms with van der Waals surface area (Å²) in [5.41, 5.74) is 4.45. The minimum Gasteiger partial charge on any atom is -0.469 e. The summed E-state index contributed by atoms with van der Waals surface area (Å²) in [5, 5.41) is 0. The third-order valence-electron chi connectivity index (χ3n) is 1.94. The van der Waals surface area contributed by atoms with Gasteiger partial charge in [0.2, 0.25) is 5.91 Å². The number of hydrazine groups is 1. The molecule has 0 unspecified atom stereocenters. The van der Waals surface area contributed by atoms with E-state index >= 15 is 0 Å². The van der Waals surface area contributed by atoms with Crippen LogP contribution >= 0.6 is 0 Å². The largest absolute Gasteiger partial charge is 0.469 e. The molecule has 7 heteroatoms. The number of methoxy groups -OCH3 is 1. The van der Waals surface area contributed by atoms with Crippen molar-refractivity contribution in [3.8, 4) is 0 Å². The lowest BCUT2D eigenvalue weighted by Crippen LogP contribution is -2.45. The van der Waals surface area contributed by atoms with Crippen LogP contribution in [-0.4, -0.2) is 49.9 Å². The Balaban J connectivity index is 3.63. The normalized spacial score (nSPS) is 9.88. The van der Waals surface area contributed by atoms with Crippen LogP contribution in [0.2, 0.25) is 0 Å². The molecule has 0 aromatic rings. The number of carbonyl (C=O) groups excluding carboxylic acids is 3. The summed E-state index contributed by atoms with van der Waals surface area (Å²) in [7, 11) is 3.09. The Labute approximate surface area is 100 Å². The summed E-state index contributed by atoms with van der Waals surface area (Å²) in [6.45, 7) is 2.06. The quantitative estimate of drug-likeness (QED) is 0.465. The van der Waals surface area contributed by atoms with Crippen molar-refractivity contribution in [2.24, 2.45) is 0 Å². The van der Waals surface area contributed by atoms with Gasteiger partial charge in [0.1, 0.15) is 0 Å². The molecule has 0 aliphatic carbocycles. The maximum Gasteiger partial charge on any atom is 0.305 e. The van der Waals surface area contributed by atoms with E-state index in [1.807, 2.05) is 0 Å². The Morgan fingerprint density at radius 3 is 2.41 bits per heavy atom. The second-order valence-corrected chi connectivity index (χ2v) is 3.65. The van der Waals surface area contributed by atoms with Crippen molar-refractivity contribution in [1.29, 1.82) is 0 Å². The molecule has 0 radical (unpaired) electrons. The summed E-state index contributed by atoms with van der Waals surface area (Å²) in [5.74, 6) is -0.895. The molecular weight excluding hydrogens is 226 g/mol. The van der Waals surface area contributed by atoms with Crippen LogP contribution in [0.1, 0.15) is 19.8 Å². The maximum absolute atomic E-state index is 11.3. The first-order valence-electron chi connectivity index (χ1n) is 5.26. The fourth-order valence-corrected chi connectivity index (χ4v) is 1.12. The van der Waals surface area contributed by atoms with Crippen LogP contribution in [0.5, 0.6) is 0 Å². The van der Waals surface area contributed by atoms with Gasteiger partial charge in [-0.25, -0.2) is 0 Å². The fourth-order valence-electron chi connectivity index (χ4n) is 1.12. The number of amides is 2. The average molecular weight is 245 g/mol. The van der Waals surface area contributed by atoms with Crippen molar-refractivity contribution in [1.82, 2.24) is 15.8 Å². The van der Waals surface area contributed by atoms with Crippen molar-refractivity contribution in [3.63, 3.8) is 0 Å². The lowest BCUT2D eigenvalue weighted by Gasteiger charge is -2.15. The van der Waals surface area contributed by atoms with E-state index in [1.165, 1.54) is 14.0 Å². The number of carbonyl (C=O) groups is 3. The van der Waals surface area contributed by atoms with Crippen molar-refractivity contribution in [3.05, 3.63) is 0 Å². The number of ether oxygens (including phenoxy) is 1. The lowest BCUT2D eigenvalue weighted by atomic mass is 10.3. The molecule has 0 saturated heterocycles. The van der Waals surface area contributed by atoms with Crippen LogP contribution in [-0.2, 0) is 19.1 Å². The predicted molar refractivity (Wildman–Crippen MR) is 60.7 cm³/mol. The van der Waals surface area contributed by atoms with E-state index in [-0.39, 0.29) is 24.3 Å². The van der Waals surface area contributed by atoms with Crippen LogP contribution in [0, 0.1) is 0 Å². The van der Waals surface area contributed by atoms with Crippen molar-refractivity contribution in [2.45, 2.75) is 19.8 Å². The molecule has 0 aromatic carbocycles. The van der Waals surface area contributed by atoms with E-state index in [0.717, 1.165) is 0 Å². The molecule has 0 saturated carbocycles. The molecule has 0 aliphatic rings. The highest BCUT2D eigenvalue weighted by Gasteiger charge is 2.07. The number of rotatable bonds is 6. The summed E-state index contributed by atoms with van der Waals surface area (Å²) in [6.07, 6.45) is 0.949. The zero-order chi connectivity index (χ0) is 13.3. The molecule has 0 spiro atoms. The molecule has 17 heavy (non-hydrogen) atoms. The van der Waals surface area contributed by atoms with Gasteiger partial charge in [-0.2, -0.15) is 0 Å². The molecule has 0 bridgehead atoms. The van der Waals surface area contributed by atoms with Crippen molar-refractivity contribution in [2.75, 3.05) is 27.2 Å². The lowest BCUT2D eigenvalue weighted by molar-refractivity contribution is -0.140. The number of hydrogen-bond donors (Lipinski definition) is 2. The topological polar surface area (TPSA) is 87.7 Å². The van der Waals surface area contributed by atoms with Crippen molar-refractivity contribution >= 4 is 17.8 Å². The summed E-state index contributed by atoms with van der Waals surface area (Å²) in [6, 6.07) is 0. The minimum absolute atomic E-state index is 0.154.